The molecule has 168 valence electrons. The molecule has 1 saturated heterocycles. The number of carbonyl (C=O) groups excluding carboxylic acids is 1. The Hall–Kier alpha value is -3.39. The van der Waals surface area contributed by atoms with Gasteiger partial charge < -0.3 is 19.4 Å². The summed E-state index contributed by atoms with van der Waals surface area (Å²) in [7, 11) is 1.65. The van der Waals surface area contributed by atoms with Gasteiger partial charge in [0, 0.05) is 13.1 Å². The highest BCUT2D eigenvalue weighted by Gasteiger charge is 2.54. The maximum atomic E-state index is 13.7. The Labute approximate surface area is 195 Å². The number of carbonyl (C=O) groups is 1. The van der Waals surface area contributed by atoms with Crippen LogP contribution < -0.4 is 10.1 Å². The van der Waals surface area contributed by atoms with Crippen molar-refractivity contribution in [2.24, 2.45) is 11.8 Å². The third kappa shape index (κ3) is 3.64. The van der Waals surface area contributed by atoms with Crippen LogP contribution >= 0.6 is 11.3 Å². The topological polar surface area (TPSA) is 80.5 Å². The van der Waals surface area contributed by atoms with E-state index in [2.05, 4.69) is 15.3 Å². The van der Waals surface area contributed by atoms with Crippen LogP contribution in [-0.4, -0.2) is 47.0 Å². The number of likely N-dealkylation sites (tertiary alicyclic amines) is 1. The van der Waals surface area contributed by atoms with Crippen molar-refractivity contribution in [3.63, 3.8) is 0 Å². The number of nitrogens with zero attached hydrogens (tertiary/aromatic N) is 3. The van der Waals surface area contributed by atoms with E-state index < -0.39 is 0 Å². The summed E-state index contributed by atoms with van der Waals surface area (Å²) in [6, 6.07) is 16.1. The van der Waals surface area contributed by atoms with Crippen LogP contribution in [0.15, 0.2) is 52.9 Å². The van der Waals surface area contributed by atoms with Gasteiger partial charge in [-0.15, -0.1) is 11.3 Å². The molecule has 1 aliphatic heterocycles. The molecule has 1 aliphatic carbocycles. The molecule has 3 unspecified atom stereocenters. The van der Waals surface area contributed by atoms with Crippen molar-refractivity contribution in [2.45, 2.75) is 19.4 Å². The summed E-state index contributed by atoms with van der Waals surface area (Å²) in [5, 5.41) is 4.21. The highest BCUT2D eigenvalue weighted by Crippen LogP contribution is 2.50. The zero-order valence-electron chi connectivity index (χ0n) is 18.4. The third-order valence-electron chi connectivity index (χ3n) is 6.59. The standard InChI is InChI=1S/C25H24N4O3S/c1-14-27-22(23(33-14)15-6-5-7-17(10-15)31-2)24(30)29-13-16-11-18(16)20(29)12-26-25-28-19-8-3-4-9-21(19)32-25/h3-10,16,18,20H,11-13H2,1-2H3,(H,26,28). The average Bonchev–Trinajstić information content (AvgIpc) is 3.16. The normalized spacial score (nSPS) is 21.3. The zero-order chi connectivity index (χ0) is 22.5. The number of methoxy groups -OCH3 is 1. The SMILES string of the molecule is COc1cccc(-c2sc(C)nc2C(=O)N2CC3CC3C2CNc2nc3ccccc3o2)c1. The lowest BCUT2D eigenvalue weighted by atomic mass is 10.1. The molecule has 1 amide bonds. The van der Waals surface area contributed by atoms with E-state index in [1.807, 2.05) is 60.4 Å². The molecule has 3 heterocycles. The second-order valence-electron chi connectivity index (χ2n) is 8.69. The van der Waals surface area contributed by atoms with Gasteiger partial charge in [0.2, 0.25) is 0 Å². The maximum absolute atomic E-state index is 13.7. The zero-order valence-corrected chi connectivity index (χ0v) is 19.3. The molecule has 2 aromatic carbocycles. The molecule has 33 heavy (non-hydrogen) atoms. The van der Waals surface area contributed by atoms with Crippen LogP contribution in [0.4, 0.5) is 6.01 Å². The largest absolute Gasteiger partial charge is 0.497 e. The fourth-order valence-corrected chi connectivity index (χ4v) is 5.78. The first-order valence-electron chi connectivity index (χ1n) is 11.1. The van der Waals surface area contributed by atoms with Gasteiger partial charge in [-0.3, -0.25) is 4.79 Å². The molecule has 7 nitrogen and oxygen atoms in total. The van der Waals surface area contributed by atoms with Crippen molar-refractivity contribution < 1.29 is 13.9 Å². The predicted octanol–water partition coefficient (Wildman–Crippen LogP) is 4.84. The van der Waals surface area contributed by atoms with Crippen molar-refractivity contribution in [3.8, 4) is 16.2 Å². The number of benzene rings is 2. The van der Waals surface area contributed by atoms with Gasteiger partial charge in [-0.1, -0.05) is 24.3 Å². The Bertz CT molecular complexity index is 1310. The van der Waals surface area contributed by atoms with Crippen LogP contribution in [-0.2, 0) is 0 Å². The number of para-hydroxylation sites is 2. The quantitative estimate of drug-likeness (QED) is 0.443. The van der Waals surface area contributed by atoms with Crippen molar-refractivity contribution in [1.29, 1.82) is 0 Å². The fraction of sp³-hybridized carbons (Fsp3) is 0.320. The van der Waals surface area contributed by atoms with Crippen LogP contribution in [0.5, 0.6) is 5.75 Å². The number of amides is 1. The second kappa shape index (κ2) is 7.88. The van der Waals surface area contributed by atoms with E-state index in [0.29, 0.717) is 30.1 Å². The van der Waals surface area contributed by atoms with E-state index in [4.69, 9.17) is 9.15 Å². The monoisotopic (exact) mass is 460 g/mol. The highest BCUT2D eigenvalue weighted by atomic mass is 32.1. The first-order valence-corrected chi connectivity index (χ1v) is 11.9. The minimum atomic E-state index is -0.00580. The summed E-state index contributed by atoms with van der Waals surface area (Å²) >= 11 is 1.54. The fourth-order valence-electron chi connectivity index (χ4n) is 4.87. The summed E-state index contributed by atoms with van der Waals surface area (Å²) in [6.07, 6.45) is 1.17. The molecule has 8 heteroatoms. The molecule has 3 atom stereocenters. The number of anilines is 1. The van der Waals surface area contributed by atoms with Gasteiger partial charge in [0.25, 0.3) is 11.9 Å². The summed E-state index contributed by atoms with van der Waals surface area (Å²) in [6.45, 7) is 3.33. The first-order chi connectivity index (χ1) is 16.1. The number of ether oxygens (including phenoxy) is 1. The minimum Gasteiger partial charge on any atom is -0.497 e. The van der Waals surface area contributed by atoms with Gasteiger partial charge in [-0.2, -0.15) is 4.98 Å². The maximum Gasteiger partial charge on any atom is 0.295 e. The molecule has 1 saturated carbocycles. The van der Waals surface area contributed by atoms with Crippen molar-refractivity contribution in [3.05, 3.63) is 59.2 Å². The van der Waals surface area contributed by atoms with E-state index in [-0.39, 0.29) is 11.9 Å². The average molecular weight is 461 g/mol. The molecule has 0 bridgehead atoms. The van der Waals surface area contributed by atoms with Gasteiger partial charge in [0.1, 0.15) is 17.0 Å². The molecule has 6 rings (SSSR count). The number of aryl methyl sites for hydroxylation is 1. The van der Waals surface area contributed by atoms with Crippen molar-refractivity contribution >= 4 is 34.4 Å². The number of hydrogen-bond acceptors (Lipinski definition) is 7. The lowest BCUT2D eigenvalue weighted by molar-refractivity contribution is 0.0710. The minimum absolute atomic E-state index is 0.00580. The number of thiazole rings is 1. The van der Waals surface area contributed by atoms with E-state index in [1.54, 1.807) is 18.4 Å². The molecule has 0 radical (unpaired) electrons. The predicted molar refractivity (Wildman–Crippen MR) is 128 cm³/mol. The van der Waals surface area contributed by atoms with Crippen LogP contribution in [0.1, 0.15) is 21.9 Å². The van der Waals surface area contributed by atoms with Crippen molar-refractivity contribution in [1.82, 2.24) is 14.9 Å². The van der Waals surface area contributed by atoms with Crippen LogP contribution in [0, 0.1) is 18.8 Å². The van der Waals surface area contributed by atoms with Gasteiger partial charge >= 0.3 is 0 Å². The Morgan fingerprint density at radius 3 is 2.97 bits per heavy atom. The molecule has 0 spiro atoms. The van der Waals surface area contributed by atoms with E-state index >= 15 is 0 Å². The molecule has 2 fully saturated rings. The summed E-state index contributed by atoms with van der Waals surface area (Å²) in [4.78, 5) is 25.7. The van der Waals surface area contributed by atoms with Gasteiger partial charge in [-0.05, 0) is 55.0 Å². The lowest BCUT2D eigenvalue weighted by Gasteiger charge is -2.27. The van der Waals surface area contributed by atoms with Crippen LogP contribution in [0.25, 0.3) is 21.5 Å². The number of rotatable bonds is 6. The molecule has 1 N–H and O–H groups in total. The molecule has 2 aromatic heterocycles. The molecule has 4 aromatic rings. The smallest absolute Gasteiger partial charge is 0.295 e. The van der Waals surface area contributed by atoms with Gasteiger partial charge in [-0.25, -0.2) is 4.98 Å². The first kappa shape index (κ1) is 20.2. The Morgan fingerprint density at radius 1 is 1.24 bits per heavy atom. The highest BCUT2D eigenvalue weighted by molar-refractivity contribution is 7.15. The Kier molecular flexibility index (Phi) is 4.83. The van der Waals surface area contributed by atoms with Crippen LogP contribution in [0.3, 0.4) is 0 Å². The molecule has 2 aliphatic rings. The number of aromatic nitrogens is 2. The molecular weight excluding hydrogens is 436 g/mol. The Morgan fingerprint density at radius 2 is 2.12 bits per heavy atom. The van der Waals surface area contributed by atoms with E-state index in [1.165, 1.54) is 6.42 Å². The van der Waals surface area contributed by atoms with Gasteiger partial charge in [0.15, 0.2) is 5.58 Å². The second-order valence-corrected chi connectivity index (χ2v) is 9.90. The number of oxazole rings is 1. The van der Waals surface area contributed by atoms with Crippen molar-refractivity contribution in [2.75, 3.05) is 25.5 Å². The lowest BCUT2D eigenvalue weighted by Crippen LogP contribution is -2.42. The number of fused-ring (bicyclic) bond motifs is 2. The van der Waals surface area contributed by atoms with E-state index in [0.717, 1.165) is 38.8 Å². The van der Waals surface area contributed by atoms with Crippen LogP contribution in [0.2, 0.25) is 0 Å². The summed E-state index contributed by atoms with van der Waals surface area (Å²) < 4.78 is 11.2. The Balaban J connectivity index is 1.25. The van der Waals surface area contributed by atoms with E-state index in [9.17, 15) is 4.79 Å². The third-order valence-corrected chi connectivity index (χ3v) is 7.61. The molecular formula is C25H24N4O3S. The van der Waals surface area contributed by atoms with Gasteiger partial charge in [0.05, 0.1) is 23.0 Å². The number of hydrogen-bond donors (Lipinski definition) is 1. The summed E-state index contributed by atoms with van der Waals surface area (Å²) in [5.74, 6) is 1.85. The number of nitrogens with one attached hydrogen (secondary N) is 1. The summed E-state index contributed by atoms with van der Waals surface area (Å²) in [5.41, 5.74) is 3.06. The number of piperidine rings is 1.